The second-order valence-corrected chi connectivity index (χ2v) is 10.6. The van der Waals surface area contributed by atoms with Crippen molar-refractivity contribution in [1.82, 2.24) is 0 Å². The Hall–Kier alpha value is -0.123. The van der Waals surface area contributed by atoms with Crippen LogP contribution in [0.4, 0.5) is 0 Å². The molecule has 0 saturated heterocycles. The van der Waals surface area contributed by atoms with Gasteiger partial charge in [-0.05, 0) is 37.6 Å². The minimum Gasteiger partial charge on any atom is -0.413 e. The Kier molecular flexibility index (Phi) is 5.24. The molecule has 0 saturated carbocycles. The van der Waals surface area contributed by atoms with E-state index in [0.29, 0.717) is 6.61 Å². The predicted octanol–water partition coefficient (Wildman–Crippen LogP) is 3.34. The lowest BCUT2D eigenvalue weighted by molar-refractivity contribution is 0.272. The summed E-state index contributed by atoms with van der Waals surface area (Å²) < 4.78 is 6.03. The lowest BCUT2D eigenvalue weighted by atomic mass is 10.2. The Labute approximate surface area is 95.5 Å². The van der Waals surface area contributed by atoms with Gasteiger partial charge in [-0.1, -0.05) is 26.3 Å². The summed E-state index contributed by atoms with van der Waals surface area (Å²) in [6.45, 7) is 15.8. The van der Waals surface area contributed by atoms with Crippen LogP contribution in [0.1, 0.15) is 34.6 Å². The molecular weight excluding hydrogens is 204 g/mol. The molecule has 0 heterocycles. The molecule has 0 unspecified atom stereocenters. The highest BCUT2D eigenvalue weighted by Crippen LogP contribution is 2.36. The van der Waals surface area contributed by atoms with Crippen molar-refractivity contribution in [3.63, 3.8) is 0 Å². The molecule has 0 aliphatic carbocycles. The summed E-state index contributed by atoms with van der Waals surface area (Å²) in [7, 11) is -1.68. The lowest BCUT2D eigenvalue weighted by Gasteiger charge is -2.36. The van der Waals surface area contributed by atoms with Crippen LogP contribution in [0.15, 0.2) is 11.1 Å². The van der Waals surface area contributed by atoms with Crippen LogP contribution < -0.4 is 0 Å². The van der Waals surface area contributed by atoms with Crippen molar-refractivity contribution in [2.24, 2.45) is 0 Å². The van der Waals surface area contributed by atoms with E-state index < -0.39 is 8.32 Å². The van der Waals surface area contributed by atoms with Gasteiger partial charge in [-0.2, -0.15) is 0 Å². The Morgan fingerprint density at radius 3 is 1.93 bits per heavy atom. The second kappa shape index (κ2) is 5.28. The average Bonchev–Trinajstić information content (AvgIpc) is 2.02. The molecule has 0 radical (unpaired) electrons. The largest absolute Gasteiger partial charge is 0.413 e. The van der Waals surface area contributed by atoms with E-state index in [1.807, 2.05) is 13.8 Å². The van der Waals surface area contributed by atoms with Crippen molar-refractivity contribution >= 4 is 8.32 Å². The molecule has 3 heteroatoms. The van der Waals surface area contributed by atoms with Gasteiger partial charge in [0.25, 0.3) is 0 Å². The maximum Gasteiger partial charge on any atom is 0.192 e. The van der Waals surface area contributed by atoms with Crippen LogP contribution in [-0.2, 0) is 4.43 Å². The van der Waals surface area contributed by atoms with Crippen molar-refractivity contribution in [2.45, 2.75) is 52.8 Å². The fraction of sp³-hybridized carbons (Fsp3) is 0.833. The lowest BCUT2D eigenvalue weighted by Crippen LogP contribution is -2.41. The summed E-state index contributed by atoms with van der Waals surface area (Å²) in [5, 5.41) is 9.41. The normalized spacial score (nSPS) is 12.8. The zero-order valence-electron chi connectivity index (χ0n) is 11.3. The van der Waals surface area contributed by atoms with Gasteiger partial charge in [0.2, 0.25) is 0 Å². The summed E-state index contributed by atoms with van der Waals surface area (Å²) in [6, 6.07) is 0. The third-order valence-electron chi connectivity index (χ3n) is 3.31. The first-order valence-corrected chi connectivity index (χ1v) is 8.42. The van der Waals surface area contributed by atoms with Gasteiger partial charge in [-0.15, -0.1) is 0 Å². The van der Waals surface area contributed by atoms with E-state index in [2.05, 4.69) is 33.9 Å². The molecule has 0 aromatic rings. The van der Waals surface area contributed by atoms with Gasteiger partial charge in [0.15, 0.2) is 8.32 Å². The Morgan fingerprint density at radius 1 is 1.20 bits per heavy atom. The molecule has 15 heavy (non-hydrogen) atoms. The number of aliphatic hydroxyl groups excluding tert-OH is 1. The minimum atomic E-state index is -1.68. The first-order chi connectivity index (χ1) is 6.62. The zero-order valence-corrected chi connectivity index (χ0v) is 12.3. The van der Waals surface area contributed by atoms with E-state index in [0.717, 1.165) is 11.1 Å². The molecule has 90 valence electrons. The molecule has 0 atom stereocenters. The van der Waals surface area contributed by atoms with Crippen molar-refractivity contribution in [3.05, 3.63) is 11.1 Å². The van der Waals surface area contributed by atoms with Crippen LogP contribution in [0.2, 0.25) is 18.1 Å². The van der Waals surface area contributed by atoms with Crippen LogP contribution in [-0.4, -0.2) is 26.6 Å². The van der Waals surface area contributed by atoms with Crippen molar-refractivity contribution in [3.8, 4) is 0 Å². The fourth-order valence-corrected chi connectivity index (χ4v) is 1.80. The second-order valence-electron chi connectivity index (χ2n) is 5.81. The Morgan fingerprint density at radius 2 is 1.67 bits per heavy atom. The maximum atomic E-state index is 9.17. The van der Waals surface area contributed by atoms with Crippen LogP contribution in [0.3, 0.4) is 0 Å². The van der Waals surface area contributed by atoms with Gasteiger partial charge in [-0.3, -0.25) is 0 Å². The van der Waals surface area contributed by atoms with Crippen molar-refractivity contribution in [1.29, 1.82) is 0 Å². The van der Waals surface area contributed by atoms with Crippen LogP contribution >= 0.6 is 0 Å². The molecule has 0 amide bonds. The monoisotopic (exact) mass is 230 g/mol. The number of aliphatic hydroxyl groups is 1. The van der Waals surface area contributed by atoms with E-state index in [9.17, 15) is 5.11 Å². The standard InChI is InChI=1S/C12H26O2Si/c1-10(2)11(8-13)9-14-15(6,7)12(3,4)5/h13H,8-9H2,1-7H3. The van der Waals surface area contributed by atoms with E-state index in [1.54, 1.807) is 0 Å². The number of allylic oxidation sites excluding steroid dienone is 1. The van der Waals surface area contributed by atoms with E-state index >= 15 is 0 Å². The number of hydrogen-bond donors (Lipinski definition) is 1. The van der Waals surface area contributed by atoms with E-state index in [4.69, 9.17) is 4.43 Å². The highest BCUT2D eigenvalue weighted by Gasteiger charge is 2.37. The van der Waals surface area contributed by atoms with Gasteiger partial charge >= 0.3 is 0 Å². The zero-order chi connectivity index (χ0) is 12.3. The van der Waals surface area contributed by atoms with Crippen LogP contribution in [0.25, 0.3) is 0 Å². The van der Waals surface area contributed by atoms with Crippen molar-refractivity contribution < 1.29 is 9.53 Å². The molecular formula is C12H26O2Si. The van der Waals surface area contributed by atoms with Gasteiger partial charge < -0.3 is 9.53 Å². The quantitative estimate of drug-likeness (QED) is 0.593. The molecule has 0 bridgehead atoms. The molecule has 0 aliphatic heterocycles. The van der Waals surface area contributed by atoms with E-state index in [1.165, 1.54) is 0 Å². The summed E-state index contributed by atoms with van der Waals surface area (Å²) in [6.07, 6.45) is 0. The molecule has 2 nitrogen and oxygen atoms in total. The molecule has 0 rings (SSSR count). The topological polar surface area (TPSA) is 29.5 Å². The highest BCUT2D eigenvalue weighted by molar-refractivity contribution is 6.74. The molecule has 0 spiro atoms. The SMILES string of the molecule is CC(C)=C(CO)CO[Si](C)(C)C(C)(C)C. The van der Waals surface area contributed by atoms with Crippen molar-refractivity contribution in [2.75, 3.05) is 13.2 Å². The highest BCUT2D eigenvalue weighted by atomic mass is 28.4. The first-order valence-electron chi connectivity index (χ1n) is 5.52. The smallest absolute Gasteiger partial charge is 0.192 e. The molecule has 0 fully saturated rings. The number of rotatable bonds is 4. The summed E-state index contributed by atoms with van der Waals surface area (Å²) >= 11 is 0. The minimum absolute atomic E-state index is 0.108. The van der Waals surface area contributed by atoms with Gasteiger partial charge in [0, 0.05) is 0 Å². The first kappa shape index (κ1) is 14.9. The molecule has 0 aromatic heterocycles. The van der Waals surface area contributed by atoms with Gasteiger partial charge in [0.1, 0.15) is 0 Å². The fourth-order valence-electron chi connectivity index (χ4n) is 0.832. The molecule has 1 N–H and O–H groups in total. The predicted molar refractivity (Wildman–Crippen MR) is 68.6 cm³/mol. The molecule has 0 aromatic carbocycles. The maximum absolute atomic E-state index is 9.17. The summed E-state index contributed by atoms with van der Waals surface area (Å²) in [5.74, 6) is 0. The average molecular weight is 230 g/mol. The summed E-state index contributed by atoms with van der Waals surface area (Å²) in [4.78, 5) is 0. The Balaban J connectivity index is 4.46. The van der Waals surface area contributed by atoms with Gasteiger partial charge in [-0.25, -0.2) is 0 Å². The third-order valence-corrected chi connectivity index (χ3v) is 7.79. The Bertz CT molecular complexity index is 232. The van der Waals surface area contributed by atoms with Crippen LogP contribution in [0, 0.1) is 0 Å². The van der Waals surface area contributed by atoms with E-state index in [-0.39, 0.29) is 11.6 Å². The third kappa shape index (κ3) is 4.49. The number of hydrogen-bond acceptors (Lipinski definition) is 2. The van der Waals surface area contributed by atoms with Crippen LogP contribution in [0.5, 0.6) is 0 Å². The van der Waals surface area contributed by atoms with Gasteiger partial charge in [0.05, 0.1) is 13.2 Å². The summed E-state index contributed by atoms with van der Waals surface area (Å²) in [5.41, 5.74) is 2.18. The molecule has 0 aliphatic rings.